The molecular formula is C20H22FN3O4S. The van der Waals surface area contributed by atoms with Gasteiger partial charge < -0.3 is 11.1 Å². The summed E-state index contributed by atoms with van der Waals surface area (Å²) in [6.45, 7) is 1.99. The van der Waals surface area contributed by atoms with Crippen LogP contribution < -0.4 is 11.1 Å². The highest BCUT2D eigenvalue weighted by Crippen LogP contribution is 2.26. The van der Waals surface area contributed by atoms with Crippen LogP contribution in [0, 0.1) is 18.7 Å². The Labute approximate surface area is 168 Å². The molecule has 3 N–H and O–H groups in total. The summed E-state index contributed by atoms with van der Waals surface area (Å²) in [4.78, 5) is 23.5. The molecule has 0 unspecified atom stereocenters. The summed E-state index contributed by atoms with van der Waals surface area (Å²) in [5, 5.41) is 2.79. The minimum absolute atomic E-state index is 0.133. The number of hydrogen-bond donors (Lipinski definition) is 2. The fraction of sp³-hybridized carbons (Fsp3) is 0.300. The standard InChI is InChI=1S/C20H22FN3O4S/c1-13-12-15(6-7-16(13)19(22)25)23-20(26)14-8-10-24(11-9-14)29(27,28)18-5-3-2-4-17(18)21/h2-7,12,14H,8-11H2,1H3,(H2,22,25)(H,23,26). The van der Waals surface area contributed by atoms with E-state index >= 15 is 0 Å². The van der Waals surface area contributed by atoms with Crippen molar-refractivity contribution in [3.05, 3.63) is 59.4 Å². The first kappa shape index (κ1) is 20.9. The first-order valence-electron chi connectivity index (χ1n) is 9.16. The third kappa shape index (κ3) is 4.46. The molecule has 0 aliphatic carbocycles. The summed E-state index contributed by atoms with van der Waals surface area (Å²) in [7, 11) is -3.94. The van der Waals surface area contributed by atoms with Gasteiger partial charge in [-0.3, -0.25) is 9.59 Å². The van der Waals surface area contributed by atoms with E-state index in [-0.39, 0.29) is 29.8 Å². The highest BCUT2D eigenvalue weighted by molar-refractivity contribution is 7.89. The number of aryl methyl sites for hydroxylation is 1. The predicted molar refractivity (Wildman–Crippen MR) is 106 cm³/mol. The molecule has 1 saturated heterocycles. The summed E-state index contributed by atoms with van der Waals surface area (Å²) >= 11 is 0. The molecule has 1 aliphatic rings. The molecule has 2 aromatic rings. The van der Waals surface area contributed by atoms with Gasteiger partial charge in [0.2, 0.25) is 21.8 Å². The largest absolute Gasteiger partial charge is 0.366 e. The van der Waals surface area contributed by atoms with Gasteiger partial charge in [-0.1, -0.05) is 12.1 Å². The average Bonchev–Trinajstić information content (AvgIpc) is 2.68. The molecule has 2 aromatic carbocycles. The molecule has 9 heteroatoms. The lowest BCUT2D eigenvalue weighted by Crippen LogP contribution is -2.41. The highest BCUT2D eigenvalue weighted by atomic mass is 32.2. The molecule has 29 heavy (non-hydrogen) atoms. The molecule has 7 nitrogen and oxygen atoms in total. The lowest BCUT2D eigenvalue weighted by molar-refractivity contribution is -0.120. The lowest BCUT2D eigenvalue weighted by Gasteiger charge is -2.30. The van der Waals surface area contributed by atoms with Crippen LogP contribution in [0.3, 0.4) is 0 Å². The van der Waals surface area contributed by atoms with Gasteiger partial charge in [-0.25, -0.2) is 12.8 Å². The van der Waals surface area contributed by atoms with Gasteiger partial charge >= 0.3 is 0 Å². The van der Waals surface area contributed by atoms with Crippen LogP contribution in [0.5, 0.6) is 0 Å². The summed E-state index contributed by atoms with van der Waals surface area (Å²) in [6, 6.07) is 10.1. The van der Waals surface area contributed by atoms with E-state index in [1.165, 1.54) is 22.5 Å². The number of nitrogens with one attached hydrogen (secondary N) is 1. The van der Waals surface area contributed by atoms with E-state index in [2.05, 4.69) is 5.32 Å². The molecule has 0 bridgehead atoms. The van der Waals surface area contributed by atoms with Crippen LogP contribution in [-0.2, 0) is 14.8 Å². The number of primary amides is 1. The number of carbonyl (C=O) groups is 2. The number of piperidine rings is 1. The minimum Gasteiger partial charge on any atom is -0.366 e. The highest BCUT2D eigenvalue weighted by Gasteiger charge is 2.33. The second-order valence-corrected chi connectivity index (χ2v) is 8.90. The third-order valence-corrected chi connectivity index (χ3v) is 6.97. The van der Waals surface area contributed by atoms with Gasteiger partial charge in [-0.05, 0) is 55.7 Å². The molecule has 0 radical (unpaired) electrons. The zero-order valence-corrected chi connectivity index (χ0v) is 16.7. The first-order valence-corrected chi connectivity index (χ1v) is 10.6. The number of halogens is 1. The van der Waals surface area contributed by atoms with Crippen molar-refractivity contribution in [3.63, 3.8) is 0 Å². The SMILES string of the molecule is Cc1cc(NC(=O)C2CCN(S(=O)(=O)c3ccccc3F)CC2)ccc1C(N)=O. The number of rotatable bonds is 5. The molecule has 0 atom stereocenters. The topological polar surface area (TPSA) is 110 Å². The Balaban J connectivity index is 1.63. The number of amides is 2. The van der Waals surface area contributed by atoms with Crippen molar-refractivity contribution in [2.45, 2.75) is 24.7 Å². The number of carbonyl (C=O) groups excluding carboxylic acids is 2. The van der Waals surface area contributed by atoms with Gasteiger partial charge in [-0.2, -0.15) is 4.31 Å². The van der Waals surface area contributed by atoms with Gasteiger partial charge in [-0.15, -0.1) is 0 Å². The maximum Gasteiger partial charge on any atom is 0.248 e. The maximum atomic E-state index is 13.9. The monoisotopic (exact) mass is 419 g/mol. The molecule has 1 heterocycles. The summed E-state index contributed by atoms with van der Waals surface area (Å²) < 4.78 is 40.4. The fourth-order valence-corrected chi connectivity index (χ4v) is 4.95. The van der Waals surface area contributed by atoms with Gasteiger partial charge in [0.25, 0.3) is 0 Å². The number of nitrogens with two attached hydrogens (primary N) is 1. The van der Waals surface area contributed by atoms with E-state index in [4.69, 9.17) is 5.73 Å². The molecule has 0 aromatic heterocycles. The van der Waals surface area contributed by atoms with Crippen molar-refractivity contribution in [2.75, 3.05) is 18.4 Å². The molecule has 154 valence electrons. The third-order valence-electron chi connectivity index (χ3n) is 5.04. The zero-order chi connectivity index (χ0) is 21.2. The number of hydrogen-bond acceptors (Lipinski definition) is 4. The van der Waals surface area contributed by atoms with Crippen molar-refractivity contribution in [3.8, 4) is 0 Å². The molecular weight excluding hydrogens is 397 g/mol. The van der Waals surface area contributed by atoms with E-state index in [0.29, 0.717) is 29.7 Å². The van der Waals surface area contributed by atoms with Crippen LogP contribution in [0.2, 0.25) is 0 Å². The number of benzene rings is 2. The van der Waals surface area contributed by atoms with Crippen LogP contribution in [0.25, 0.3) is 0 Å². The van der Waals surface area contributed by atoms with Crippen LogP contribution >= 0.6 is 0 Å². The summed E-state index contributed by atoms with van der Waals surface area (Å²) in [6.07, 6.45) is 0.662. The van der Waals surface area contributed by atoms with Crippen LogP contribution in [0.15, 0.2) is 47.4 Å². The van der Waals surface area contributed by atoms with Crippen molar-refractivity contribution in [1.29, 1.82) is 0 Å². The Hall–Kier alpha value is -2.78. The van der Waals surface area contributed by atoms with Crippen molar-refractivity contribution in [2.24, 2.45) is 11.7 Å². The number of nitrogens with zero attached hydrogens (tertiary/aromatic N) is 1. The molecule has 2 amide bonds. The zero-order valence-electron chi connectivity index (χ0n) is 15.9. The Morgan fingerprint density at radius 1 is 1.14 bits per heavy atom. The lowest BCUT2D eigenvalue weighted by atomic mass is 9.97. The van der Waals surface area contributed by atoms with Gasteiger partial charge in [0.15, 0.2) is 0 Å². The van der Waals surface area contributed by atoms with Gasteiger partial charge in [0, 0.05) is 30.3 Å². The molecule has 3 rings (SSSR count). The van der Waals surface area contributed by atoms with Gasteiger partial charge in [0.1, 0.15) is 10.7 Å². The normalized spacial score (nSPS) is 15.8. The second-order valence-electron chi connectivity index (χ2n) is 6.99. The van der Waals surface area contributed by atoms with Crippen LogP contribution in [0.1, 0.15) is 28.8 Å². The van der Waals surface area contributed by atoms with Crippen molar-refractivity contribution < 1.29 is 22.4 Å². The average molecular weight is 419 g/mol. The molecule has 1 aliphatic heterocycles. The second kappa shape index (κ2) is 8.30. The Morgan fingerprint density at radius 2 is 1.79 bits per heavy atom. The van der Waals surface area contributed by atoms with Crippen molar-refractivity contribution in [1.82, 2.24) is 4.31 Å². The smallest absolute Gasteiger partial charge is 0.248 e. The molecule has 1 fully saturated rings. The van der Waals surface area contributed by atoms with E-state index < -0.39 is 21.7 Å². The number of anilines is 1. The maximum absolute atomic E-state index is 13.9. The van der Waals surface area contributed by atoms with E-state index in [1.54, 1.807) is 25.1 Å². The summed E-state index contributed by atoms with van der Waals surface area (Å²) in [5.74, 6) is -1.91. The predicted octanol–water partition coefficient (Wildman–Crippen LogP) is 2.27. The number of sulfonamides is 1. The van der Waals surface area contributed by atoms with E-state index in [1.807, 2.05) is 0 Å². The van der Waals surface area contributed by atoms with Crippen molar-refractivity contribution >= 4 is 27.5 Å². The van der Waals surface area contributed by atoms with Gasteiger partial charge in [0.05, 0.1) is 0 Å². The van der Waals surface area contributed by atoms with E-state index in [0.717, 1.165) is 6.07 Å². The van der Waals surface area contributed by atoms with Crippen LogP contribution in [-0.4, -0.2) is 37.6 Å². The van der Waals surface area contributed by atoms with Crippen LogP contribution in [0.4, 0.5) is 10.1 Å². The molecule has 0 spiro atoms. The Morgan fingerprint density at radius 3 is 2.38 bits per heavy atom. The fourth-order valence-electron chi connectivity index (χ4n) is 3.41. The Kier molecular flexibility index (Phi) is 5.99. The quantitative estimate of drug-likeness (QED) is 0.775. The Bertz CT molecular complexity index is 1050. The molecule has 0 saturated carbocycles. The minimum atomic E-state index is -3.94. The van der Waals surface area contributed by atoms with E-state index in [9.17, 15) is 22.4 Å². The summed E-state index contributed by atoms with van der Waals surface area (Å²) in [5.41, 5.74) is 6.86. The first-order chi connectivity index (χ1) is 13.7.